The van der Waals surface area contributed by atoms with Crippen molar-refractivity contribution < 1.29 is 24.1 Å². The van der Waals surface area contributed by atoms with E-state index >= 15 is 0 Å². The summed E-state index contributed by atoms with van der Waals surface area (Å²) in [6.45, 7) is 8.10. The van der Waals surface area contributed by atoms with Crippen molar-refractivity contribution in [2.45, 2.75) is 33.0 Å². The summed E-state index contributed by atoms with van der Waals surface area (Å²) >= 11 is 0. The number of nitrogens with one attached hydrogen (secondary N) is 2. The minimum absolute atomic E-state index is 0. The Hall–Kier alpha value is -2.40. The summed E-state index contributed by atoms with van der Waals surface area (Å²) in [5.41, 5.74) is 0.767. The fraction of sp³-hybridized carbons (Fsp3) is 0.435. The van der Waals surface area contributed by atoms with Crippen LogP contribution in [0.5, 0.6) is 23.0 Å². The molecule has 9 heteroatoms. The van der Waals surface area contributed by atoms with E-state index in [2.05, 4.69) is 15.6 Å². The van der Waals surface area contributed by atoms with Crippen LogP contribution in [-0.2, 0) is 0 Å². The Balaban J connectivity index is 0.00000363. The predicted octanol–water partition coefficient (Wildman–Crippen LogP) is 3.49. The maximum atomic E-state index is 10.5. The molecular weight excluding hydrogens is 525 g/mol. The van der Waals surface area contributed by atoms with Gasteiger partial charge < -0.3 is 34.7 Å². The van der Waals surface area contributed by atoms with Gasteiger partial charge in [-0.3, -0.25) is 4.99 Å². The number of aliphatic hydroxyl groups is 1. The first-order valence-corrected chi connectivity index (χ1v) is 10.5. The smallest absolute Gasteiger partial charge is 0.231 e. The monoisotopic (exact) mass is 557 g/mol. The van der Waals surface area contributed by atoms with Crippen LogP contribution in [0.4, 0.5) is 0 Å². The van der Waals surface area contributed by atoms with E-state index in [4.69, 9.17) is 18.9 Å². The first kappa shape index (κ1) is 25.9. The molecule has 0 aromatic heterocycles. The van der Waals surface area contributed by atoms with Gasteiger partial charge in [-0.2, -0.15) is 0 Å². The maximum Gasteiger partial charge on any atom is 0.231 e. The number of rotatable bonds is 10. The molecule has 0 saturated carbocycles. The standard InChI is InChI=1S/C23H31N3O5.HI/c1-4-24-23(25-10-11-28-18-8-9-21-22(13-18)30-15-29-21)26-14-20(27)17-6-5-7-19(12-17)31-16(2)3;/h5-9,12-13,16,20,27H,4,10-11,14-15H2,1-3H3,(H2,24,25,26);1H. The average Bonchev–Trinajstić information content (AvgIpc) is 3.22. The molecule has 0 amide bonds. The van der Waals surface area contributed by atoms with E-state index in [9.17, 15) is 5.11 Å². The van der Waals surface area contributed by atoms with Crippen molar-refractivity contribution in [3.63, 3.8) is 0 Å². The molecule has 176 valence electrons. The van der Waals surface area contributed by atoms with Gasteiger partial charge in [-0.15, -0.1) is 24.0 Å². The summed E-state index contributed by atoms with van der Waals surface area (Å²) in [5, 5.41) is 16.9. The third-order valence-electron chi connectivity index (χ3n) is 4.39. The summed E-state index contributed by atoms with van der Waals surface area (Å²) in [6, 6.07) is 13.0. The van der Waals surface area contributed by atoms with Gasteiger partial charge >= 0.3 is 0 Å². The molecule has 0 spiro atoms. The third-order valence-corrected chi connectivity index (χ3v) is 4.39. The van der Waals surface area contributed by atoms with Crippen molar-refractivity contribution in [1.82, 2.24) is 10.6 Å². The molecule has 8 nitrogen and oxygen atoms in total. The van der Waals surface area contributed by atoms with Gasteiger partial charge in [0.05, 0.1) is 25.3 Å². The van der Waals surface area contributed by atoms with Crippen molar-refractivity contribution in [3.8, 4) is 23.0 Å². The number of fused-ring (bicyclic) bond motifs is 1. The molecule has 0 bridgehead atoms. The second kappa shape index (κ2) is 13.2. The topological polar surface area (TPSA) is 93.6 Å². The van der Waals surface area contributed by atoms with Gasteiger partial charge in [0.1, 0.15) is 18.1 Å². The Labute approximate surface area is 206 Å². The Bertz CT molecular complexity index is 878. The molecule has 3 rings (SSSR count). The molecule has 3 N–H and O–H groups in total. The number of hydrogen-bond acceptors (Lipinski definition) is 6. The summed E-state index contributed by atoms with van der Waals surface area (Å²) in [6.07, 6.45) is -0.647. The van der Waals surface area contributed by atoms with Crippen molar-refractivity contribution in [2.24, 2.45) is 4.99 Å². The molecule has 0 aliphatic carbocycles. The highest BCUT2D eigenvalue weighted by Gasteiger charge is 2.13. The van der Waals surface area contributed by atoms with E-state index in [1.54, 1.807) is 0 Å². The lowest BCUT2D eigenvalue weighted by Crippen LogP contribution is -2.39. The van der Waals surface area contributed by atoms with Gasteiger partial charge in [0, 0.05) is 12.6 Å². The first-order chi connectivity index (χ1) is 15.0. The van der Waals surface area contributed by atoms with Crippen LogP contribution >= 0.6 is 24.0 Å². The van der Waals surface area contributed by atoms with E-state index < -0.39 is 6.10 Å². The Morgan fingerprint density at radius 2 is 1.91 bits per heavy atom. The SMILES string of the molecule is CCNC(=NCC(O)c1cccc(OC(C)C)c1)NCCOc1ccc2c(c1)OCO2.I. The summed E-state index contributed by atoms with van der Waals surface area (Å²) < 4.78 is 22.1. The zero-order chi connectivity index (χ0) is 22.1. The lowest BCUT2D eigenvalue weighted by molar-refractivity contribution is 0.173. The number of aliphatic imine (C=N–C) groups is 1. The first-order valence-electron chi connectivity index (χ1n) is 10.5. The molecule has 1 unspecified atom stereocenters. The van der Waals surface area contributed by atoms with E-state index in [0.717, 1.165) is 17.1 Å². The van der Waals surface area contributed by atoms with Gasteiger partial charge in [-0.05, 0) is 50.6 Å². The Morgan fingerprint density at radius 3 is 2.69 bits per heavy atom. The Kier molecular flexibility index (Phi) is 10.7. The van der Waals surface area contributed by atoms with Gasteiger partial charge in [0.25, 0.3) is 0 Å². The maximum absolute atomic E-state index is 10.5. The number of guanidine groups is 1. The molecule has 0 fully saturated rings. The largest absolute Gasteiger partial charge is 0.492 e. The number of hydrogen-bond donors (Lipinski definition) is 3. The highest BCUT2D eigenvalue weighted by atomic mass is 127. The van der Waals surface area contributed by atoms with Crippen molar-refractivity contribution >= 4 is 29.9 Å². The Morgan fingerprint density at radius 1 is 1.09 bits per heavy atom. The number of ether oxygens (including phenoxy) is 4. The number of benzene rings is 2. The molecule has 1 aliphatic heterocycles. The van der Waals surface area contributed by atoms with Crippen molar-refractivity contribution in [1.29, 1.82) is 0 Å². The van der Waals surface area contributed by atoms with Crippen molar-refractivity contribution in [2.75, 3.05) is 33.0 Å². The molecule has 1 heterocycles. The number of halogens is 1. The van der Waals surface area contributed by atoms with Gasteiger partial charge in [0.2, 0.25) is 6.79 Å². The number of nitrogens with zero attached hydrogens (tertiary/aromatic N) is 1. The summed E-state index contributed by atoms with van der Waals surface area (Å²) in [5.74, 6) is 3.49. The summed E-state index contributed by atoms with van der Waals surface area (Å²) in [4.78, 5) is 4.48. The molecule has 1 aliphatic rings. The third kappa shape index (κ3) is 7.94. The fourth-order valence-electron chi connectivity index (χ4n) is 3.00. The van der Waals surface area contributed by atoms with Crippen LogP contribution in [0, 0.1) is 0 Å². The van der Waals surface area contributed by atoms with Crippen LogP contribution in [0.15, 0.2) is 47.5 Å². The van der Waals surface area contributed by atoms with Gasteiger partial charge in [-0.1, -0.05) is 12.1 Å². The van der Waals surface area contributed by atoms with E-state index in [1.807, 2.05) is 63.2 Å². The van der Waals surface area contributed by atoms with Crippen LogP contribution < -0.4 is 29.6 Å². The second-order valence-electron chi connectivity index (χ2n) is 7.26. The van der Waals surface area contributed by atoms with Crippen molar-refractivity contribution in [3.05, 3.63) is 48.0 Å². The van der Waals surface area contributed by atoms with E-state index in [-0.39, 0.29) is 43.4 Å². The molecule has 0 saturated heterocycles. The molecule has 1 atom stereocenters. The van der Waals surface area contributed by atoms with E-state index in [1.165, 1.54) is 0 Å². The fourth-order valence-corrected chi connectivity index (χ4v) is 3.00. The van der Waals surface area contributed by atoms with Gasteiger partial charge in [0.15, 0.2) is 17.5 Å². The highest BCUT2D eigenvalue weighted by Crippen LogP contribution is 2.35. The lowest BCUT2D eigenvalue weighted by atomic mass is 10.1. The van der Waals surface area contributed by atoms with Crippen LogP contribution in [-0.4, -0.2) is 50.2 Å². The minimum atomic E-state index is -0.726. The van der Waals surface area contributed by atoms with Crippen LogP contribution in [0.2, 0.25) is 0 Å². The van der Waals surface area contributed by atoms with Crippen LogP contribution in [0.3, 0.4) is 0 Å². The zero-order valence-corrected chi connectivity index (χ0v) is 21.0. The quantitative estimate of drug-likeness (QED) is 0.178. The average molecular weight is 557 g/mol. The molecular formula is C23H32IN3O5. The normalized spacial score (nSPS) is 13.3. The highest BCUT2D eigenvalue weighted by molar-refractivity contribution is 14.0. The van der Waals surface area contributed by atoms with Crippen LogP contribution in [0.1, 0.15) is 32.4 Å². The molecule has 0 radical (unpaired) electrons. The van der Waals surface area contributed by atoms with Crippen LogP contribution in [0.25, 0.3) is 0 Å². The summed E-state index contributed by atoms with van der Waals surface area (Å²) in [7, 11) is 0. The predicted molar refractivity (Wildman–Crippen MR) is 135 cm³/mol. The molecule has 2 aromatic carbocycles. The molecule has 32 heavy (non-hydrogen) atoms. The van der Waals surface area contributed by atoms with E-state index in [0.29, 0.717) is 37.2 Å². The van der Waals surface area contributed by atoms with Gasteiger partial charge in [-0.25, -0.2) is 0 Å². The second-order valence-corrected chi connectivity index (χ2v) is 7.26. The minimum Gasteiger partial charge on any atom is -0.492 e. The number of aliphatic hydroxyl groups excluding tert-OH is 1. The lowest BCUT2D eigenvalue weighted by Gasteiger charge is -2.15. The zero-order valence-electron chi connectivity index (χ0n) is 18.7. The molecule has 2 aromatic rings.